The van der Waals surface area contributed by atoms with Gasteiger partial charge in [0, 0.05) is 23.5 Å². The lowest BCUT2D eigenvalue weighted by Crippen LogP contribution is -2.35. The van der Waals surface area contributed by atoms with Crippen molar-refractivity contribution in [3.05, 3.63) is 71.8 Å². The number of rotatable bonds is 6. The summed E-state index contributed by atoms with van der Waals surface area (Å²) in [7, 11) is -8.53. The predicted molar refractivity (Wildman–Crippen MR) is 131 cm³/mol. The van der Waals surface area contributed by atoms with Crippen molar-refractivity contribution in [1.82, 2.24) is 9.44 Å². The van der Waals surface area contributed by atoms with E-state index in [0.717, 1.165) is 12.1 Å². The van der Waals surface area contributed by atoms with Crippen LogP contribution in [0.1, 0.15) is 11.1 Å². The number of hydrogen-bond donors (Lipinski definition) is 6. The van der Waals surface area contributed by atoms with Crippen LogP contribution in [0.5, 0.6) is 11.5 Å². The molecule has 190 valence electrons. The van der Waals surface area contributed by atoms with Crippen molar-refractivity contribution in [2.24, 2.45) is 0 Å². The molecule has 0 aromatic heterocycles. The first-order valence-electron chi connectivity index (χ1n) is 10.1. The molecule has 0 spiro atoms. The van der Waals surface area contributed by atoms with Crippen molar-refractivity contribution in [3.8, 4) is 11.5 Å². The fraction of sp³-hybridized carbons (Fsp3) is 0.0909. The van der Waals surface area contributed by atoms with Gasteiger partial charge in [-0.2, -0.15) is 0 Å². The molecular weight excluding hydrogens is 512 g/mol. The third kappa shape index (κ3) is 6.43. The van der Waals surface area contributed by atoms with Crippen molar-refractivity contribution in [2.75, 3.05) is 10.6 Å². The maximum absolute atomic E-state index is 12.4. The molecule has 0 atom stereocenters. The van der Waals surface area contributed by atoms with Gasteiger partial charge in [0.2, 0.25) is 0 Å². The van der Waals surface area contributed by atoms with Crippen LogP contribution in [0.3, 0.4) is 0 Å². The fourth-order valence-electron chi connectivity index (χ4n) is 3.06. The van der Waals surface area contributed by atoms with Crippen LogP contribution >= 0.6 is 0 Å². The van der Waals surface area contributed by atoms with Crippen molar-refractivity contribution >= 4 is 43.5 Å². The van der Waals surface area contributed by atoms with Crippen molar-refractivity contribution in [3.63, 3.8) is 0 Å². The first-order chi connectivity index (χ1) is 16.8. The van der Waals surface area contributed by atoms with Gasteiger partial charge in [-0.25, -0.2) is 35.9 Å². The molecule has 6 N–H and O–H groups in total. The Morgan fingerprint density at radius 1 is 0.611 bits per heavy atom. The summed E-state index contributed by atoms with van der Waals surface area (Å²) < 4.78 is 53.4. The lowest BCUT2D eigenvalue weighted by molar-refractivity contribution is 0.255. The van der Waals surface area contributed by atoms with Crippen LogP contribution in [0, 0.1) is 13.8 Å². The van der Waals surface area contributed by atoms with Gasteiger partial charge in [0.05, 0.1) is 9.79 Å². The lowest BCUT2D eigenvalue weighted by Gasteiger charge is -2.12. The molecule has 0 saturated carbocycles. The van der Waals surface area contributed by atoms with E-state index in [-0.39, 0.29) is 32.7 Å². The summed E-state index contributed by atoms with van der Waals surface area (Å²) in [5.41, 5.74) is 0.986. The second kappa shape index (κ2) is 10.1. The van der Waals surface area contributed by atoms with Crippen LogP contribution in [-0.2, 0) is 20.0 Å². The lowest BCUT2D eigenvalue weighted by atomic mass is 10.2. The Hall–Kier alpha value is -4.30. The first-order valence-corrected chi connectivity index (χ1v) is 13.1. The molecule has 0 fully saturated rings. The van der Waals surface area contributed by atoms with Crippen molar-refractivity contribution in [2.45, 2.75) is 23.6 Å². The Kier molecular flexibility index (Phi) is 7.40. The minimum atomic E-state index is -4.26. The molecule has 4 amide bonds. The van der Waals surface area contributed by atoms with Crippen LogP contribution in [-0.4, -0.2) is 39.1 Å². The quantitative estimate of drug-likeness (QED) is 0.278. The SMILES string of the molecule is Cc1ccc(O)cc1S(=O)(=O)NC(=O)Nc1ccc(NC(=O)NS(=O)(=O)c2cc(O)ccc2C)cc1. The normalized spacial score (nSPS) is 11.4. The summed E-state index contributed by atoms with van der Waals surface area (Å²) in [6.45, 7) is 3.01. The van der Waals surface area contributed by atoms with E-state index in [1.54, 1.807) is 0 Å². The van der Waals surface area contributed by atoms with Gasteiger partial charge in [-0.3, -0.25) is 0 Å². The molecule has 0 unspecified atom stereocenters. The molecule has 14 heteroatoms. The highest BCUT2D eigenvalue weighted by Gasteiger charge is 2.22. The molecule has 3 aromatic rings. The average Bonchev–Trinajstić information content (AvgIpc) is 2.77. The minimum absolute atomic E-state index is 0.171. The zero-order chi connectivity index (χ0) is 26.7. The summed E-state index contributed by atoms with van der Waals surface area (Å²) in [6, 6.07) is 10.7. The van der Waals surface area contributed by atoms with E-state index in [1.165, 1.54) is 62.4 Å². The molecule has 0 heterocycles. The highest BCUT2D eigenvalue weighted by atomic mass is 32.2. The van der Waals surface area contributed by atoms with E-state index in [9.17, 15) is 36.6 Å². The van der Waals surface area contributed by atoms with Gasteiger partial charge >= 0.3 is 12.1 Å². The summed E-state index contributed by atoms with van der Waals surface area (Å²) in [6.07, 6.45) is 0. The van der Waals surface area contributed by atoms with Gasteiger partial charge in [-0.15, -0.1) is 0 Å². The Morgan fingerprint density at radius 2 is 0.944 bits per heavy atom. The summed E-state index contributed by atoms with van der Waals surface area (Å²) in [5.74, 6) is -0.559. The zero-order valence-corrected chi connectivity index (χ0v) is 20.6. The van der Waals surface area contributed by atoms with Crippen LogP contribution in [0.4, 0.5) is 21.0 Å². The number of phenolic OH excluding ortho intramolecular Hbond substituents is 2. The molecule has 36 heavy (non-hydrogen) atoms. The summed E-state index contributed by atoms with van der Waals surface area (Å²) in [5, 5.41) is 23.7. The molecular formula is C22H22N4O8S2. The second-order valence-corrected chi connectivity index (χ2v) is 10.9. The Bertz CT molecular complexity index is 1420. The smallest absolute Gasteiger partial charge is 0.333 e. The number of aryl methyl sites for hydroxylation is 2. The van der Waals surface area contributed by atoms with Crippen LogP contribution in [0.15, 0.2) is 70.5 Å². The number of nitrogens with one attached hydrogen (secondary N) is 4. The number of carbonyl (C=O) groups excluding carboxylic acids is 2. The number of carbonyl (C=O) groups is 2. The van der Waals surface area contributed by atoms with E-state index >= 15 is 0 Å². The molecule has 3 aromatic carbocycles. The molecule has 3 rings (SSSR count). The molecule has 12 nitrogen and oxygen atoms in total. The Labute approximate surface area is 207 Å². The first kappa shape index (κ1) is 26.3. The molecule has 0 aliphatic rings. The molecule has 0 aliphatic heterocycles. The van der Waals surface area contributed by atoms with E-state index in [2.05, 4.69) is 10.6 Å². The number of sulfonamides is 2. The monoisotopic (exact) mass is 534 g/mol. The highest BCUT2D eigenvalue weighted by Crippen LogP contribution is 2.22. The fourth-order valence-corrected chi connectivity index (χ4v) is 5.41. The largest absolute Gasteiger partial charge is 0.508 e. The van der Waals surface area contributed by atoms with Gasteiger partial charge in [0.25, 0.3) is 20.0 Å². The van der Waals surface area contributed by atoms with E-state index in [0.29, 0.717) is 11.1 Å². The van der Waals surface area contributed by atoms with Gasteiger partial charge in [-0.1, -0.05) is 12.1 Å². The van der Waals surface area contributed by atoms with Gasteiger partial charge in [0.1, 0.15) is 11.5 Å². The van der Waals surface area contributed by atoms with Crippen LogP contribution in [0.25, 0.3) is 0 Å². The van der Waals surface area contributed by atoms with Crippen molar-refractivity contribution in [1.29, 1.82) is 0 Å². The highest BCUT2D eigenvalue weighted by molar-refractivity contribution is 7.90. The second-order valence-electron chi connectivity index (χ2n) is 7.60. The standard InChI is InChI=1S/C22H22N4O8S2/c1-13-3-9-17(27)11-19(13)35(31,32)25-21(29)23-15-5-7-16(8-6-15)24-22(30)26-36(33,34)20-12-18(28)10-4-14(20)2/h3-12,27-28H,1-2H3,(H2,23,25,29)(H2,24,26,30). The van der Waals surface area contributed by atoms with Gasteiger partial charge in [0.15, 0.2) is 0 Å². The minimum Gasteiger partial charge on any atom is -0.508 e. The van der Waals surface area contributed by atoms with Gasteiger partial charge < -0.3 is 20.8 Å². The van der Waals surface area contributed by atoms with E-state index in [4.69, 9.17) is 0 Å². The number of phenols is 2. The Balaban J connectivity index is 1.62. The van der Waals surface area contributed by atoms with Gasteiger partial charge in [-0.05, 0) is 61.4 Å². The average molecular weight is 535 g/mol. The molecule has 0 aliphatic carbocycles. The summed E-state index contributed by atoms with van der Waals surface area (Å²) in [4.78, 5) is 23.8. The maximum atomic E-state index is 12.4. The third-order valence-electron chi connectivity index (χ3n) is 4.78. The van der Waals surface area contributed by atoms with E-state index < -0.39 is 32.1 Å². The van der Waals surface area contributed by atoms with Crippen molar-refractivity contribution < 1.29 is 36.6 Å². The Morgan fingerprint density at radius 3 is 1.28 bits per heavy atom. The number of aromatic hydroxyl groups is 2. The van der Waals surface area contributed by atoms with Crippen LogP contribution in [0.2, 0.25) is 0 Å². The summed E-state index contributed by atoms with van der Waals surface area (Å²) >= 11 is 0. The zero-order valence-electron chi connectivity index (χ0n) is 18.9. The maximum Gasteiger partial charge on any atom is 0.333 e. The topological polar surface area (TPSA) is 191 Å². The van der Waals surface area contributed by atoms with E-state index in [1.807, 2.05) is 9.44 Å². The third-order valence-corrected chi connectivity index (χ3v) is 7.72. The predicted octanol–water partition coefficient (Wildman–Crippen LogP) is 2.74. The number of hydrogen-bond acceptors (Lipinski definition) is 8. The van der Waals surface area contributed by atoms with Crippen LogP contribution < -0.4 is 20.1 Å². The molecule has 0 radical (unpaired) electrons. The number of amides is 4. The number of anilines is 2. The number of urea groups is 2. The molecule has 0 bridgehead atoms. The number of benzene rings is 3. The molecule has 0 saturated heterocycles.